The first kappa shape index (κ1) is 17.2. The third kappa shape index (κ3) is 4.06. The molecule has 3 rings (SSSR count). The number of alkyl halides is 3. The lowest BCUT2D eigenvalue weighted by Crippen LogP contribution is -2.10. The summed E-state index contributed by atoms with van der Waals surface area (Å²) in [5, 5.41) is 10.1. The Kier molecular flexibility index (Phi) is 4.59. The zero-order valence-corrected chi connectivity index (χ0v) is 13.8. The van der Waals surface area contributed by atoms with Gasteiger partial charge in [-0.2, -0.15) is 13.2 Å². The SMILES string of the molecule is N=C(N)c1cccc(-c2csc(Cc3cccc(C(F)(F)F)c3)n2)c1. The van der Waals surface area contributed by atoms with Gasteiger partial charge in [0.25, 0.3) is 0 Å². The molecule has 0 saturated heterocycles. The number of nitrogen functional groups attached to an aromatic ring is 1. The minimum Gasteiger partial charge on any atom is -0.384 e. The molecule has 1 aromatic heterocycles. The lowest BCUT2D eigenvalue weighted by Gasteiger charge is -2.07. The van der Waals surface area contributed by atoms with Gasteiger partial charge in [0.15, 0.2) is 0 Å². The first-order valence-corrected chi connectivity index (χ1v) is 8.26. The number of aromatic nitrogens is 1. The lowest BCUT2D eigenvalue weighted by molar-refractivity contribution is -0.137. The fourth-order valence-electron chi connectivity index (χ4n) is 2.40. The maximum atomic E-state index is 12.8. The summed E-state index contributed by atoms with van der Waals surface area (Å²) in [4.78, 5) is 4.49. The zero-order chi connectivity index (χ0) is 18.0. The highest BCUT2D eigenvalue weighted by molar-refractivity contribution is 7.10. The van der Waals surface area contributed by atoms with E-state index in [4.69, 9.17) is 11.1 Å². The number of hydrogen-bond donors (Lipinski definition) is 2. The topological polar surface area (TPSA) is 62.8 Å². The Labute approximate surface area is 146 Å². The molecule has 0 spiro atoms. The van der Waals surface area contributed by atoms with Crippen molar-refractivity contribution in [1.82, 2.24) is 4.98 Å². The fourth-order valence-corrected chi connectivity index (χ4v) is 3.24. The van der Waals surface area contributed by atoms with Crippen LogP contribution < -0.4 is 5.73 Å². The van der Waals surface area contributed by atoms with Crippen molar-refractivity contribution < 1.29 is 13.2 Å². The molecule has 0 unspecified atom stereocenters. The van der Waals surface area contributed by atoms with Crippen LogP contribution in [0.4, 0.5) is 13.2 Å². The average molecular weight is 361 g/mol. The molecule has 3 aromatic rings. The summed E-state index contributed by atoms with van der Waals surface area (Å²) < 4.78 is 38.4. The van der Waals surface area contributed by atoms with Gasteiger partial charge in [0.05, 0.1) is 16.3 Å². The summed E-state index contributed by atoms with van der Waals surface area (Å²) in [7, 11) is 0. The van der Waals surface area contributed by atoms with E-state index in [0.717, 1.165) is 28.4 Å². The van der Waals surface area contributed by atoms with Crippen LogP contribution in [0.2, 0.25) is 0 Å². The molecule has 2 aromatic carbocycles. The highest BCUT2D eigenvalue weighted by Crippen LogP contribution is 2.30. The standard InChI is InChI=1S/C18H14F3N3S/c19-18(20,21)14-6-1-3-11(7-14)8-16-24-15(10-25-16)12-4-2-5-13(9-12)17(22)23/h1-7,9-10H,8H2,(H3,22,23). The van der Waals surface area contributed by atoms with Gasteiger partial charge >= 0.3 is 6.18 Å². The fraction of sp³-hybridized carbons (Fsp3) is 0.111. The number of hydrogen-bond acceptors (Lipinski definition) is 3. The minimum absolute atomic E-state index is 0.0266. The molecule has 0 atom stereocenters. The molecule has 0 bridgehead atoms. The Hall–Kier alpha value is -2.67. The van der Waals surface area contributed by atoms with E-state index in [1.807, 2.05) is 11.4 Å². The molecule has 0 aliphatic heterocycles. The van der Waals surface area contributed by atoms with Crippen LogP contribution in [0.15, 0.2) is 53.9 Å². The predicted octanol–water partition coefficient (Wildman–Crippen LogP) is 4.70. The van der Waals surface area contributed by atoms with E-state index in [2.05, 4.69) is 4.98 Å². The lowest BCUT2D eigenvalue weighted by atomic mass is 10.1. The number of halogens is 3. The Bertz CT molecular complexity index is 916. The second-order valence-electron chi connectivity index (χ2n) is 5.50. The van der Waals surface area contributed by atoms with Crippen LogP contribution in [-0.4, -0.2) is 10.8 Å². The number of nitrogens with one attached hydrogen (secondary N) is 1. The number of thiazole rings is 1. The van der Waals surface area contributed by atoms with E-state index in [-0.39, 0.29) is 5.84 Å². The zero-order valence-electron chi connectivity index (χ0n) is 13.0. The Balaban J connectivity index is 1.83. The molecule has 1 heterocycles. The highest BCUT2D eigenvalue weighted by atomic mass is 32.1. The Morgan fingerprint density at radius 3 is 2.60 bits per heavy atom. The number of benzene rings is 2. The molecule has 0 fully saturated rings. The third-order valence-corrected chi connectivity index (χ3v) is 4.48. The average Bonchev–Trinajstić information content (AvgIpc) is 3.03. The van der Waals surface area contributed by atoms with E-state index in [1.54, 1.807) is 24.3 Å². The quantitative estimate of drug-likeness (QED) is 0.522. The molecule has 128 valence electrons. The predicted molar refractivity (Wildman–Crippen MR) is 92.8 cm³/mol. The molecule has 0 amide bonds. The van der Waals surface area contributed by atoms with Gasteiger partial charge in [-0.1, -0.05) is 36.4 Å². The van der Waals surface area contributed by atoms with Crippen LogP contribution in [0, 0.1) is 5.41 Å². The van der Waals surface area contributed by atoms with Crippen molar-refractivity contribution in [2.24, 2.45) is 5.73 Å². The van der Waals surface area contributed by atoms with E-state index in [0.29, 0.717) is 17.5 Å². The molecular weight excluding hydrogens is 347 g/mol. The summed E-state index contributed by atoms with van der Waals surface area (Å²) in [5.74, 6) is -0.0266. The van der Waals surface area contributed by atoms with Gasteiger partial charge in [0.1, 0.15) is 5.84 Å². The summed E-state index contributed by atoms with van der Waals surface area (Å²) in [6.07, 6.45) is -4.02. The second-order valence-corrected chi connectivity index (χ2v) is 6.44. The van der Waals surface area contributed by atoms with Crippen molar-refractivity contribution in [3.63, 3.8) is 0 Å². The molecular formula is C18H14F3N3S. The van der Waals surface area contributed by atoms with Crippen molar-refractivity contribution in [2.45, 2.75) is 12.6 Å². The highest BCUT2D eigenvalue weighted by Gasteiger charge is 2.30. The largest absolute Gasteiger partial charge is 0.416 e. The normalized spacial score (nSPS) is 11.5. The number of amidine groups is 1. The summed E-state index contributed by atoms with van der Waals surface area (Å²) in [6.45, 7) is 0. The van der Waals surface area contributed by atoms with Gasteiger partial charge in [0.2, 0.25) is 0 Å². The van der Waals surface area contributed by atoms with Gasteiger partial charge < -0.3 is 5.73 Å². The van der Waals surface area contributed by atoms with E-state index in [1.165, 1.54) is 17.4 Å². The van der Waals surface area contributed by atoms with Crippen molar-refractivity contribution in [1.29, 1.82) is 5.41 Å². The van der Waals surface area contributed by atoms with E-state index >= 15 is 0 Å². The van der Waals surface area contributed by atoms with E-state index in [9.17, 15) is 13.2 Å². The molecule has 0 radical (unpaired) electrons. The van der Waals surface area contributed by atoms with Gasteiger partial charge in [0, 0.05) is 22.9 Å². The minimum atomic E-state index is -4.35. The van der Waals surface area contributed by atoms with Crippen LogP contribution in [0.25, 0.3) is 11.3 Å². The molecule has 3 nitrogen and oxygen atoms in total. The third-order valence-electron chi connectivity index (χ3n) is 3.63. The molecule has 0 aliphatic carbocycles. The van der Waals surface area contributed by atoms with Crippen LogP contribution >= 0.6 is 11.3 Å². The molecule has 0 saturated carbocycles. The first-order chi connectivity index (χ1) is 11.8. The molecule has 0 aliphatic rings. The van der Waals surface area contributed by atoms with Gasteiger partial charge in [-0.15, -0.1) is 11.3 Å². The summed E-state index contributed by atoms with van der Waals surface area (Å²) in [5.41, 5.74) is 7.54. The monoisotopic (exact) mass is 361 g/mol. The smallest absolute Gasteiger partial charge is 0.384 e. The molecule has 25 heavy (non-hydrogen) atoms. The van der Waals surface area contributed by atoms with Crippen LogP contribution in [0.1, 0.15) is 21.7 Å². The van der Waals surface area contributed by atoms with Gasteiger partial charge in [-0.25, -0.2) is 4.98 Å². The van der Waals surface area contributed by atoms with Crippen LogP contribution in [-0.2, 0) is 12.6 Å². The van der Waals surface area contributed by atoms with Crippen LogP contribution in [0.5, 0.6) is 0 Å². The first-order valence-electron chi connectivity index (χ1n) is 7.38. The Morgan fingerprint density at radius 2 is 1.88 bits per heavy atom. The van der Waals surface area contributed by atoms with Crippen molar-refractivity contribution in [3.05, 3.63) is 75.6 Å². The number of nitrogens with zero attached hydrogens (tertiary/aromatic N) is 1. The van der Waals surface area contributed by atoms with Crippen molar-refractivity contribution >= 4 is 17.2 Å². The number of nitrogens with two attached hydrogens (primary N) is 1. The van der Waals surface area contributed by atoms with Crippen molar-refractivity contribution in [3.8, 4) is 11.3 Å². The summed E-state index contributed by atoms with van der Waals surface area (Å²) >= 11 is 1.39. The number of rotatable bonds is 4. The van der Waals surface area contributed by atoms with Crippen LogP contribution in [0.3, 0.4) is 0 Å². The Morgan fingerprint density at radius 1 is 1.12 bits per heavy atom. The molecule has 3 N–H and O–H groups in total. The maximum Gasteiger partial charge on any atom is 0.416 e. The summed E-state index contributed by atoms with van der Waals surface area (Å²) in [6, 6.07) is 12.4. The van der Waals surface area contributed by atoms with Crippen molar-refractivity contribution in [2.75, 3.05) is 0 Å². The second kappa shape index (κ2) is 6.68. The molecule has 7 heteroatoms. The van der Waals surface area contributed by atoms with Gasteiger partial charge in [-0.05, 0) is 17.7 Å². The van der Waals surface area contributed by atoms with E-state index < -0.39 is 11.7 Å². The maximum absolute atomic E-state index is 12.8. The van der Waals surface area contributed by atoms with Gasteiger partial charge in [-0.3, -0.25) is 5.41 Å².